The van der Waals surface area contributed by atoms with Crippen LogP contribution in [-0.4, -0.2) is 34.6 Å². The first kappa shape index (κ1) is 18.5. The van der Waals surface area contributed by atoms with Gasteiger partial charge in [-0.3, -0.25) is 9.59 Å². The Bertz CT molecular complexity index is 627. The second-order valence-electron chi connectivity index (χ2n) is 5.98. The van der Waals surface area contributed by atoms with Crippen molar-refractivity contribution in [2.75, 3.05) is 0 Å². The lowest BCUT2D eigenvalue weighted by molar-refractivity contribution is -0.131. The summed E-state index contributed by atoms with van der Waals surface area (Å²) in [4.78, 5) is 35.4. The third kappa shape index (κ3) is 4.59. The highest BCUT2D eigenvalue weighted by Crippen LogP contribution is 2.30. The molecule has 0 heterocycles. The van der Waals surface area contributed by atoms with Crippen molar-refractivity contribution in [3.05, 3.63) is 33.4 Å². The molecule has 0 aromatic heterocycles. The van der Waals surface area contributed by atoms with Crippen LogP contribution in [0.4, 0.5) is 4.79 Å². The molecule has 5 N–H and O–H groups in total. The minimum atomic E-state index is -1.25. The van der Waals surface area contributed by atoms with E-state index in [9.17, 15) is 14.4 Å². The Morgan fingerprint density at radius 1 is 1.21 bits per heavy atom. The van der Waals surface area contributed by atoms with E-state index in [-0.39, 0.29) is 6.42 Å². The normalized spacial score (nSPS) is 17.0. The molecule has 24 heavy (non-hydrogen) atoms. The molecule has 1 aromatic rings. The van der Waals surface area contributed by atoms with Crippen molar-refractivity contribution in [3.63, 3.8) is 0 Å². The molecule has 0 radical (unpaired) electrons. The predicted octanol–water partition coefficient (Wildman–Crippen LogP) is 1.38. The standard InChI is InChI=1S/C16H20IN3O4/c17-11-5-3-10(4-6-11)9-12(13(18)21)19-14(22)16(20-15(23)24)7-1-2-8-16/h3-6,12,20H,1-2,7-9H2,(H2,18,21)(H,19,22)(H,23,24). The van der Waals surface area contributed by atoms with E-state index in [0.717, 1.165) is 22.0 Å². The van der Waals surface area contributed by atoms with Crippen LogP contribution in [0.1, 0.15) is 31.2 Å². The summed E-state index contributed by atoms with van der Waals surface area (Å²) in [6.07, 6.45) is 1.36. The molecule has 0 aliphatic heterocycles. The zero-order valence-electron chi connectivity index (χ0n) is 13.0. The Labute approximate surface area is 153 Å². The van der Waals surface area contributed by atoms with E-state index >= 15 is 0 Å². The average Bonchev–Trinajstić information content (AvgIpc) is 2.97. The molecule has 1 saturated carbocycles. The van der Waals surface area contributed by atoms with Crippen molar-refractivity contribution < 1.29 is 19.5 Å². The van der Waals surface area contributed by atoms with Crippen molar-refractivity contribution in [3.8, 4) is 0 Å². The number of nitrogens with two attached hydrogens (primary N) is 1. The molecule has 3 amide bonds. The number of nitrogens with one attached hydrogen (secondary N) is 2. The SMILES string of the molecule is NC(=O)C(Cc1ccc(I)cc1)NC(=O)C1(NC(=O)O)CCCC1. The maximum Gasteiger partial charge on any atom is 0.405 e. The third-order valence-electron chi connectivity index (χ3n) is 4.24. The van der Waals surface area contributed by atoms with Gasteiger partial charge in [0.05, 0.1) is 0 Å². The number of carbonyl (C=O) groups excluding carboxylic acids is 2. The molecule has 1 aliphatic carbocycles. The second-order valence-corrected chi connectivity index (χ2v) is 7.22. The maximum absolute atomic E-state index is 12.6. The molecular weight excluding hydrogens is 425 g/mol. The zero-order chi connectivity index (χ0) is 17.7. The number of hydrogen-bond acceptors (Lipinski definition) is 3. The van der Waals surface area contributed by atoms with Crippen LogP contribution < -0.4 is 16.4 Å². The van der Waals surface area contributed by atoms with Gasteiger partial charge in [-0.15, -0.1) is 0 Å². The highest BCUT2D eigenvalue weighted by atomic mass is 127. The molecular formula is C16H20IN3O4. The van der Waals surface area contributed by atoms with E-state index in [1.807, 2.05) is 24.3 Å². The molecule has 130 valence electrons. The van der Waals surface area contributed by atoms with Crippen molar-refractivity contribution in [1.29, 1.82) is 0 Å². The molecule has 1 atom stereocenters. The highest BCUT2D eigenvalue weighted by Gasteiger charge is 2.43. The van der Waals surface area contributed by atoms with Gasteiger partial charge in [-0.2, -0.15) is 0 Å². The van der Waals surface area contributed by atoms with Gasteiger partial charge in [0.15, 0.2) is 0 Å². The van der Waals surface area contributed by atoms with E-state index in [0.29, 0.717) is 12.8 Å². The summed E-state index contributed by atoms with van der Waals surface area (Å²) in [5.74, 6) is -1.14. The van der Waals surface area contributed by atoms with Gasteiger partial charge in [0.2, 0.25) is 11.8 Å². The van der Waals surface area contributed by atoms with Crippen molar-refractivity contribution in [1.82, 2.24) is 10.6 Å². The maximum atomic E-state index is 12.6. The van der Waals surface area contributed by atoms with E-state index in [2.05, 4.69) is 33.2 Å². The van der Waals surface area contributed by atoms with E-state index in [1.165, 1.54) is 0 Å². The van der Waals surface area contributed by atoms with Gasteiger partial charge in [0.1, 0.15) is 11.6 Å². The zero-order valence-corrected chi connectivity index (χ0v) is 15.2. The van der Waals surface area contributed by atoms with Crippen LogP contribution in [0.5, 0.6) is 0 Å². The fourth-order valence-corrected chi connectivity index (χ4v) is 3.33. The van der Waals surface area contributed by atoms with Gasteiger partial charge in [-0.25, -0.2) is 4.79 Å². The molecule has 2 rings (SSSR count). The number of amides is 3. The average molecular weight is 445 g/mol. The lowest BCUT2D eigenvalue weighted by Gasteiger charge is -2.29. The van der Waals surface area contributed by atoms with Crippen LogP contribution in [0.2, 0.25) is 0 Å². The first-order chi connectivity index (χ1) is 11.3. The molecule has 1 aromatic carbocycles. The Morgan fingerprint density at radius 2 is 1.79 bits per heavy atom. The van der Waals surface area contributed by atoms with Gasteiger partial charge in [-0.1, -0.05) is 25.0 Å². The molecule has 7 nitrogen and oxygen atoms in total. The van der Waals surface area contributed by atoms with E-state index in [1.54, 1.807) is 0 Å². The van der Waals surface area contributed by atoms with Gasteiger partial charge < -0.3 is 21.5 Å². The third-order valence-corrected chi connectivity index (χ3v) is 4.96. The Hall–Kier alpha value is -1.84. The number of carbonyl (C=O) groups is 3. The number of primary amides is 1. The van der Waals surface area contributed by atoms with Crippen LogP contribution in [0.3, 0.4) is 0 Å². The minimum Gasteiger partial charge on any atom is -0.465 e. The molecule has 0 saturated heterocycles. The summed E-state index contributed by atoms with van der Waals surface area (Å²) < 4.78 is 1.06. The number of hydrogen-bond donors (Lipinski definition) is 4. The lowest BCUT2D eigenvalue weighted by atomic mass is 9.95. The van der Waals surface area contributed by atoms with Crippen molar-refractivity contribution in [2.45, 2.75) is 43.7 Å². The van der Waals surface area contributed by atoms with Crippen LogP contribution in [-0.2, 0) is 16.0 Å². The summed E-state index contributed by atoms with van der Waals surface area (Å²) in [6, 6.07) is 6.65. The fourth-order valence-electron chi connectivity index (χ4n) is 2.97. The fraction of sp³-hybridized carbons (Fsp3) is 0.438. The second kappa shape index (κ2) is 7.82. The summed E-state index contributed by atoms with van der Waals surface area (Å²) in [6.45, 7) is 0. The Kier molecular flexibility index (Phi) is 6.03. The van der Waals surface area contributed by atoms with E-state index < -0.39 is 29.5 Å². The monoisotopic (exact) mass is 445 g/mol. The smallest absolute Gasteiger partial charge is 0.405 e. The van der Waals surface area contributed by atoms with E-state index in [4.69, 9.17) is 10.8 Å². The number of carboxylic acid groups (broad SMARTS) is 1. The molecule has 0 spiro atoms. The minimum absolute atomic E-state index is 0.265. The van der Waals surface area contributed by atoms with Gasteiger partial charge in [-0.05, 0) is 53.1 Å². The van der Waals surface area contributed by atoms with Crippen LogP contribution >= 0.6 is 22.6 Å². The number of halogens is 1. The van der Waals surface area contributed by atoms with Gasteiger partial charge in [0.25, 0.3) is 0 Å². The Morgan fingerprint density at radius 3 is 2.29 bits per heavy atom. The number of rotatable bonds is 6. The molecule has 1 unspecified atom stereocenters. The first-order valence-corrected chi connectivity index (χ1v) is 8.76. The highest BCUT2D eigenvalue weighted by molar-refractivity contribution is 14.1. The first-order valence-electron chi connectivity index (χ1n) is 7.68. The van der Waals surface area contributed by atoms with Crippen LogP contribution in [0.15, 0.2) is 24.3 Å². The largest absolute Gasteiger partial charge is 0.465 e. The summed E-state index contributed by atoms with van der Waals surface area (Å²) >= 11 is 2.18. The molecule has 1 aliphatic rings. The lowest BCUT2D eigenvalue weighted by Crippen LogP contribution is -2.60. The van der Waals surface area contributed by atoms with Gasteiger partial charge in [0, 0.05) is 9.99 Å². The van der Waals surface area contributed by atoms with Gasteiger partial charge >= 0.3 is 6.09 Å². The molecule has 0 bridgehead atoms. The summed E-state index contributed by atoms with van der Waals surface area (Å²) in [5, 5.41) is 14.0. The Balaban J connectivity index is 2.11. The van der Waals surface area contributed by atoms with Crippen molar-refractivity contribution >= 4 is 40.5 Å². The summed E-state index contributed by atoms with van der Waals surface area (Å²) in [7, 11) is 0. The molecule has 1 fully saturated rings. The topological polar surface area (TPSA) is 122 Å². The quantitative estimate of drug-likeness (QED) is 0.495. The number of benzene rings is 1. The predicted molar refractivity (Wildman–Crippen MR) is 96.3 cm³/mol. The summed E-state index contributed by atoms with van der Waals surface area (Å²) in [5.41, 5.74) is 5.11. The van der Waals surface area contributed by atoms with Crippen LogP contribution in [0.25, 0.3) is 0 Å². The van der Waals surface area contributed by atoms with Crippen LogP contribution in [0, 0.1) is 3.57 Å². The van der Waals surface area contributed by atoms with Crippen molar-refractivity contribution in [2.24, 2.45) is 5.73 Å². The molecule has 8 heteroatoms.